The summed E-state index contributed by atoms with van der Waals surface area (Å²) in [5.41, 5.74) is 0.334. The van der Waals surface area contributed by atoms with E-state index in [1.165, 1.54) is 13.2 Å². The molecule has 0 fully saturated rings. The third-order valence-corrected chi connectivity index (χ3v) is 4.72. The number of nitrogens with zero attached hydrogens (tertiary/aromatic N) is 2. The van der Waals surface area contributed by atoms with Crippen LogP contribution in [0.1, 0.15) is 6.92 Å². The number of hydrogen-bond donors (Lipinski definition) is 0. The van der Waals surface area contributed by atoms with Crippen molar-refractivity contribution in [1.82, 2.24) is 4.31 Å². The van der Waals surface area contributed by atoms with Crippen molar-refractivity contribution in [3.8, 4) is 5.75 Å². The Labute approximate surface area is 105 Å². The van der Waals surface area contributed by atoms with Crippen molar-refractivity contribution in [2.24, 2.45) is 4.99 Å². The van der Waals surface area contributed by atoms with E-state index >= 15 is 0 Å². The molecular formula is C10H11ClN2O3S. The summed E-state index contributed by atoms with van der Waals surface area (Å²) in [6.45, 7) is 1.93. The first-order valence-electron chi connectivity index (χ1n) is 4.95. The standard InChI is InChI=1S/C10H11ClN2O3S/c1-3-13-10(11)12-8-5-4-7(16-2)6-9(8)17(13,14)15/h4-6H,3H2,1-2H3. The minimum Gasteiger partial charge on any atom is -0.497 e. The van der Waals surface area contributed by atoms with Crippen molar-refractivity contribution in [3.05, 3.63) is 18.2 Å². The van der Waals surface area contributed by atoms with Crippen molar-refractivity contribution < 1.29 is 13.2 Å². The van der Waals surface area contributed by atoms with Crippen LogP contribution in [0.2, 0.25) is 0 Å². The normalized spacial score (nSPS) is 17.4. The van der Waals surface area contributed by atoms with E-state index in [9.17, 15) is 8.42 Å². The summed E-state index contributed by atoms with van der Waals surface area (Å²) in [6, 6.07) is 4.66. The third kappa shape index (κ3) is 1.87. The summed E-state index contributed by atoms with van der Waals surface area (Å²) in [4.78, 5) is 4.16. The highest BCUT2D eigenvalue weighted by molar-refractivity contribution is 7.90. The summed E-state index contributed by atoms with van der Waals surface area (Å²) >= 11 is 5.83. The second-order valence-corrected chi connectivity index (χ2v) is 5.55. The molecule has 7 heteroatoms. The highest BCUT2D eigenvalue weighted by atomic mass is 35.5. The maximum Gasteiger partial charge on any atom is 0.268 e. The monoisotopic (exact) mass is 274 g/mol. The van der Waals surface area contributed by atoms with E-state index in [0.717, 1.165) is 4.31 Å². The van der Waals surface area contributed by atoms with E-state index in [4.69, 9.17) is 16.3 Å². The number of fused-ring (bicyclic) bond motifs is 1. The fourth-order valence-corrected chi connectivity index (χ4v) is 3.54. The van der Waals surface area contributed by atoms with Crippen LogP contribution >= 0.6 is 11.6 Å². The molecule has 0 spiro atoms. The molecule has 0 N–H and O–H groups in total. The first kappa shape index (κ1) is 12.2. The second kappa shape index (κ2) is 4.19. The number of hydrogen-bond acceptors (Lipinski definition) is 4. The van der Waals surface area contributed by atoms with Gasteiger partial charge in [0.25, 0.3) is 10.0 Å². The van der Waals surface area contributed by atoms with Crippen molar-refractivity contribution in [2.75, 3.05) is 13.7 Å². The summed E-state index contributed by atoms with van der Waals surface area (Å²) in [7, 11) is -2.15. The second-order valence-electron chi connectivity index (χ2n) is 3.38. The zero-order chi connectivity index (χ0) is 12.6. The molecule has 2 rings (SSSR count). The van der Waals surface area contributed by atoms with Gasteiger partial charge in [0, 0.05) is 12.6 Å². The van der Waals surface area contributed by atoms with Gasteiger partial charge in [0.15, 0.2) is 0 Å². The average Bonchev–Trinajstić information content (AvgIpc) is 2.28. The quantitative estimate of drug-likeness (QED) is 0.775. The van der Waals surface area contributed by atoms with Gasteiger partial charge >= 0.3 is 0 Å². The van der Waals surface area contributed by atoms with Gasteiger partial charge in [-0.15, -0.1) is 0 Å². The zero-order valence-electron chi connectivity index (χ0n) is 9.34. The zero-order valence-corrected chi connectivity index (χ0v) is 10.9. The lowest BCUT2D eigenvalue weighted by Gasteiger charge is -2.25. The first-order chi connectivity index (χ1) is 8.00. The van der Waals surface area contributed by atoms with Crippen LogP contribution in [-0.4, -0.2) is 31.7 Å². The van der Waals surface area contributed by atoms with Crippen LogP contribution in [-0.2, 0) is 10.0 Å². The number of methoxy groups -OCH3 is 1. The van der Waals surface area contributed by atoms with E-state index in [1.807, 2.05) is 0 Å². The molecule has 0 saturated carbocycles. The highest BCUT2D eigenvalue weighted by Crippen LogP contribution is 2.35. The number of halogens is 1. The van der Waals surface area contributed by atoms with Crippen LogP contribution < -0.4 is 4.74 Å². The maximum absolute atomic E-state index is 12.2. The number of amidine groups is 1. The van der Waals surface area contributed by atoms with Crippen molar-refractivity contribution in [1.29, 1.82) is 0 Å². The molecule has 1 heterocycles. The molecule has 5 nitrogen and oxygen atoms in total. The Balaban J connectivity index is 2.69. The fourth-order valence-electron chi connectivity index (χ4n) is 1.59. The smallest absolute Gasteiger partial charge is 0.268 e. The molecule has 0 saturated heterocycles. The van der Waals surface area contributed by atoms with Gasteiger partial charge in [-0.3, -0.25) is 0 Å². The maximum atomic E-state index is 12.2. The molecule has 1 aromatic rings. The van der Waals surface area contributed by atoms with E-state index in [1.54, 1.807) is 19.1 Å². The Morgan fingerprint density at radius 3 is 2.76 bits per heavy atom. The van der Waals surface area contributed by atoms with Crippen LogP contribution in [0.25, 0.3) is 0 Å². The Hall–Kier alpha value is -1.27. The fraction of sp³-hybridized carbons (Fsp3) is 0.300. The lowest BCUT2D eigenvalue weighted by molar-refractivity contribution is 0.413. The van der Waals surface area contributed by atoms with Crippen LogP contribution in [0.3, 0.4) is 0 Å². The molecule has 0 bridgehead atoms. The minimum absolute atomic E-state index is 0.0369. The summed E-state index contributed by atoms with van der Waals surface area (Å²) in [5.74, 6) is 0.469. The molecule has 17 heavy (non-hydrogen) atoms. The third-order valence-electron chi connectivity index (χ3n) is 2.44. The summed E-state index contributed by atoms with van der Waals surface area (Å²) in [5, 5.41) is -0.0369. The van der Waals surface area contributed by atoms with E-state index in [2.05, 4.69) is 4.99 Å². The van der Waals surface area contributed by atoms with Crippen LogP contribution in [0.4, 0.5) is 5.69 Å². The molecule has 0 amide bonds. The molecule has 1 aliphatic heterocycles. The van der Waals surface area contributed by atoms with Crippen molar-refractivity contribution in [3.63, 3.8) is 0 Å². The molecule has 0 radical (unpaired) electrons. The van der Waals surface area contributed by atoms with Crippen LogP contribution in [0.15, 0.2) is 28.1 Å². The number of aliphatic imine (C=N–C) groups is 1. The van der Waals surface area contributed by atoms with E-state index in [0.29, 0.717) is 11.4 Å². The van der Waals surface area contributed by atoms with Gasteiger partial charge in [-0.25, -0.2) is 17.7 Å². The summed E-state index contributed by atoms with van der Waals surface area (Å²) in [6.07, 6.45) is 0. The van der Waals surface area contributed by atoms with Gasteiger partial charge in [0.05, 0.1) is 12.8 Å². The lowest BCUT2D eigenvalue weighted by atomic mass is 10.3. The topological polar surface area (TPSA) is 59.0 Å². The van der Waals surface area contributed by atoms with Gasteiger partial charge in [0.1, 0.15) is 10.6 Å². The van der Waals surface area contributed by atoms with Crippen LogP contribution in [0, 0.1) is 0 Å². The first-order valence-corrected chi connectivity index (χ1v) is 6.77. The Bertz CT molecular complexity index is 583. The summed E-state index contributed by atoms with van der Waals surface area (Å²) < 4.78 is 30.5. The van der Waals surface area contributed by atoms with Gasteiger partial charge < -0.3 is 4.74 Å². The molecule has 0 aromatic heterocycles. The van der Waals surface area contributed by atoms with Gasteiger partial charge in [0.2, 0.25) is 5.29 Å². The molecular weight excluding hydrogens is 264 g/mol. The van der Waals surface area contributed by atoms with Crippen LogP contribution in [0.5, 0.6) is 5.75 Å². The Morgan fingerprint density at radius 1 is 1.47 bits per heavy atom. The predicted molar refractivity (Wildman–Crippen MR) is 65.5 cm³/mol. The Kier molecular flexibility index (Phi) is 3.01. The molecule has 0 aliphatic carbocycles. The minimum atomic E-state index is -3.62. The number of benzene rings is 1. The molecule has 1 aromatic carbocycles. The Morgan fingerprint density at radius 2 is 2.18 bits per heavy atom. The van der Waals surface area contributed by atoms with Crippen molar-refractivity contribution in [2.45, 2.75) is 11.8 Å². The van der Waals surface area contributed by atoms with Crippen molar-refractivity contribution >= 4 is 32.6 Å². The largest absolute Gasteiger partial charge is 0.497 e. The molecule has 1 aliphatic rings. The van der Waals surface area contributed by atoms with E-state index in [-0.39, 0.29) is 16.7 Å². The van der Waals surface area contributed by atoms with Gasteiger partial charge in [-0.05, 0) is 30.7 Å². The molecule has 92 valence electrons. The van der Waals surface area contributed by atoms with Gasteiger partial charge in [-0.2, -0.15) is 0 Å². The molecule has 0 unspecified atom stereocenters. The highest BCUT2D eigenvalue weighted by Gasteiger charge is 2.32. The molecule has 0 atom stereocenters. The van der Waals surface area contributed by atoms with E-state index < -0.39 is 10.0 Å². The van der Waals surface area contributed by atoms with Gasteiger partial charge in [-0.1, -0.05) is 0 Å². The predicted octanol–water partition coefficient (Wildman–Crippen LogP) is 1.95. The number of ether oxygens (including phenoxy) is 1. The number of rotatable bonds is 2. The SMILES string of the molecule is CCN1C(Cl)=Nc2ccc(OC)cc2S1(=O)=O. The lowest BCUT2D eigenvalue weighted by Crippen LogP contribution is -2.36. The number of sulfonamides is 1. The average molecular weight is 275 g/mol.